The number of nitrogens with one attached hydrogen (secondary N) is 1. The van der Waals surface area contributed by atoms with E-state index in [-0.39, 0.29) is 42.3 Å². The summed E-state index contributed by atoms with van der Waals surface area (Å²) in [4.78, 5) is 34.2. The minimum Gasteiger partial charge on any atom is -0.468 e. The zero-order chi connectivity index (χ0) is 11.9. The number of ketones is 2. The maximum absolute atomic E-state index is 11.6. The lowest BCUT2D eigenvalue weighted by atomic mass is 9.82. The van der Waals surface area contributed by atoms with Crippen LogP contribution < -0.4 is 5.32 Å². The van der Waals surface area contributed by atoms with Gasteiger partial charge in [0.25, 0.3) is 0 Å². The first-order valence-corrected chi connectivity index (χ1v) is 5.38. The average molecular weight is 225 g/mol. The molecule has 0 bridgehead atoms. The fourth-order valence-electron chi connectivity index (χ4n) is 2.72. The maximum Gasteiger partial charge on any atom is 0.325 e. The largest absolute Gasteiger partial charge is 0.468 e. The van der Waals surface area contributed by atoms with Gasteiger partial charge in [-0.05, 0) is 19.3 Å². The first-order chi connectivity index (χ1) is 7.46. The van der Waals surface area contributed by atoms with Crippen molar-refractivity contribution in [1.29, 1.82) is 0 Å². The second-order valence-corrected chi connectivity index (χ2v) is 4.79. The van der Waals surface area contributed by atoms with Crippen molar-refractivity contribution in [2.45, 2.75) is 37.8 Å². The van der Waals surface area contributed by atoms with Gasteiger partial charge in [0.15, 0.2) is 11.6 Å². The van der Waals surface area contributed by atoms with E-state index in [4.69, 9.17) is 4.74 Å². The molecular formula is C11H15NO4. The molecule has 0 spiro atoms. The van der Waals surface area contributed by atoms with Gasteiger partial charge in [0.2, 0.25) is 0 Å². The Hall–Kier alpha value is -1.23. The van der Waals surface area contributed by atoms with Gasteiger partial charge in [-0.2, -0.15) is 0 Å². The number of rotatable bonds is 1. The predicted octanol–water partition coefficient (Wildman–Crippen LogP) is -0.172. The Morgan fingerprint density at radius 3 is 2.62 bits per heavy atom. The number of hydrogen-bond acceptors (Lipinski definition) is 5. The van der Waals surface area contributed by atoms with E-state index in [1.165, 1.54) is 7.11 Å². The fourth-order valence-corrected chi connectivity index (χ4v) is 2.72. The zero-order valence-corrected chi connectivity index (χ0v) is 9.41. The number of ether oxygens (including phenoxy) is 1. The van der Waals surface area contributed by atoms with Crippen LogP contribution in [0.2, 0.25) is 0 Å². The number of fused-ring (bicyclic) bond motifs is 1. The standard InChI is InChI=1S/C11H15NO4/c1-11(10(15)16-2)5-6-3-8(13)9(14)4-7(6)12-11/h6-7,12H,3-5H2,1-2H3. The van der Waals surface area contributed by atoms with E-state index in [9.17, 15) is 14.4 Å². The molecule has 1 saturated carbocycles. The molecule has 5 nitrogen and oxygen atoms in total. The summed E-state index contributed by atoms with van der Waals surface area (Å²) in [6.45, 7) is 1.76. The van der Waals surface area contributed by atoms with Crippen LogP contribution in [0, 0.1) is 5.92 Å². The lowest BCUT2D eigenvalue weighted by molar-refractivity contribution is -0.147. The van der Waals surface area contributed by atoms with Crippen LogP contribution >= 0.6 is 0 Å². The van der Waals surface area contributed by atoms with Crippen molar-refractivity contribution in [2.75, 3.05) is 7.11 Å². The molecule has 3 atom stereocenters. The molecule has 2 aliphatic rings. The number of Topliss-reactive ketones (excluding diaryl/α,β-unsaturated/α-hetero) is 2. The zero-order valence-electron chi connectivity index (χ0n) is 9.41. The third-order valence-corrected chi connectivity index (χ3v) is 3.54. The number of esters is 1. The quantitative estimate of drug-likeness (QED) is 0.495. The Labute approximate surface area is 93.5 Å². The maximum atomic E-state index is 11.6. The van der Waals surface area contributed by atoms with Crippen molar-refractivity contribution in [3.8, 4) is 0 Å². The highest BCUT2D eigenvalue weighted by atomic mass is 16.5. The highest BCUT2D eigenvalue weighted by molar-refractivity contribution is 6.38. The van der Waals surface area contributed by atoms with Gasteiger partial charge in [-0.3, -0.25) is 19.7 Å². The van der Waals surface area contributed by atoms with Gasteiger partial charge < -0.3 is 4.74 Å². The van der Waals surface area contributed by atoms with Gasteiger partial charge in [0.1, 0.15) is 5.54 Å². The Balaban J connectivity index is 2.15. The summed E-state index contributed by atoms with van der Waals surface area (Å²) in [5.41, 5.74) is -0.755. The molecule has 1 saturated heterocycles. The Morgan fingerprint density at radius 2 is 2.00 bits per heavy atom. The molecule has 1 heterocycles. The summed E-state index contributed by atoms with van der Waals surface area (Å²) in [5.74, 6) is -0.892. The Kier molecular flexibility index (Phi) is 2.58. The first-order valence-electron chi connectivity index (χ1n) is 5.38. The van der Waals surface area contributed by atoms with Crippen LogP contribution in [-0.4, -0.2) is 36.2 Å². The number of methoxy groups -OCH3 is 1. The smallest absolute Gasteiger partial charge is 0.325 e. The second-order valence-electron chi connectivity index (χ2n) is 4.79. The van der Waals surface area contributed by atoms with E-state index < -0.39 is 5.54 Å². The number of carbonyl (C=O) groups excluding carboxylic acids is 3. The van der Waals surface area contributed by atoms with Gasteiger partial charge in [0, 0.05) is 18.9 Å². The second kappa shape index (κ2) is 3.66. The van der Waals surface area contributed by atoms with Gasteiger partial charge in [0.05, 0.1) is 7.11 Å². The van der Waals surface area contributed by atoms with Crippen molar-refractivity contribution < 1.29 is 19.1 Å². The van der Waals surface area contributed by atoms with Crippen LogP contribution in [0.5, 0.6) is 0 Å². The third kappa shape index (κ3) is 1.65. The summed E-state index contributed by atoms with van der Waals surface area (Å²) < 4.78 is 4.73. The van der Waals surface area contributed by atoms with Crippen LogP contribution in [0.3, 0.4) is 0 Å². The molecular weight excluding hydrogens is 210 g/mol. The van der Waals surface area contributed by atoms with Crippen LogP contribution in [0.1, 0.15) is 26.2 Å². The van der Waals surface area contributed by atoms with E-state index in [2.05, 4.69) is 5.32 Å². The minimum atomic E-state index is -0.755. The number of carbonyl (C=O) groups is 3. The van der Waals surface area contributed by atoms with Gasteiger partial charge in [-0.15, -0.1) is 0 Å². The molecule has 0 amide bonds. The van der Waals surface area contributed by atoms with Crippen LogP contribution in [0.25, 0.3) is 0 Å². The fraction of sp³-hybridized carbons (Fsp3) is 0.727. The molecule has 88 valence electrons. The normalized spacial score (nSPS) is 38.4. The minimum absolute atomic E-state index is 0.0608. The summed E-state index contributed by atoms with van der Waals surface area (Å²) in [7, 11) is 1.34. The molecule has 0 aromatic heterocycles. The highest BCUT2D eigenvalue weighted by Gasteiger charge is 2.50. The Bertz CT molecular complexity index is 339. The van der Waals surface area contributed by atoms with Gasteiger partial charge in [-0.1, -0.05) is 0 Å². The lowest BCUT2D eigenvalue weighted by Gasteiger charge is -2.23. The van der Waals surface area contributed by atoms with Crippen molar-refractivity contribution in [1.82, 2.24) is 5.32 Å². The molecule has 2 fully saturated rings. The first kappa shape index (κ1) is 11.3. The molecule has 1 N–H and O–H groups in total. The van der Waals surface area contributed by atoms with Crippen molar-refractivity contribution in [2.24, 2.45) is 5.92 Å². The van der Waals surface area contributed by atoms with E-state index in [1.807, 2.05) is 0 Å². The molecule has 2 rings (SSSR count). The van der Waals surface area contributed by atoms with E-state index >= 15 is 0 Å². The van der Waals surface area contributed by atoms with Crippen LogP contribution in [-0.2, 0) is 19.1 Å². The molecule has 16 heavy (non-hydrogen) atoms. The van der Waals surface area contributed by atoms with E-state index in [0.29, 0.717) is 6.42 Å². The Morgan fingerprint density at radius 1 is 1.38 bits per heavy atom. The summed E-state index contributed by atoms with van der Waals surface area (Å²) in [5, 5.41) is 3.12. The molecule has 0 aromatic carbocycles. The van der Waals surface area contributed by atoms with Gasteiger partial charge in [-0.25, -0.2) is 0 Å². The monoisotopic (exact) mass is 225 g/mol. The third-order valence-electron chi connectivity index (χ3n) is 3.54. The van der Waals surface area contributed by atoms with Crippen molar-refractivity contribution in [3.63, 3.8) is 0 Å². The number of hydrogen-bond donors (Lipinski definition) is 1. The van der Waals surface area contributed by atoms with Crippen molar-refractivity contribution in [3.05, 3.63) is 0 Å². The average Bonchev–Trinajstić information content (AvgIpc) is 2.55. The SMILES string of the molecule is COC(=O)C1(C)CC2CC(=O)C(=O)CC2N1. The molecule has 1 aliphatic heterocycles. The molecule has 5 heteroatoms. The molecule has 0 radical (unpaired) electrons. The molecule has 1 aliphatic carbocycles. The summed E-state index contributed by atoms with van der Waals surface area (Å²) >= 11 is 0. The summed E-state index contributed by atoms with van der Waals surface area (Å²) in [6, 6.07) is -0.0608. The highest BCUT2D eigenvalue weighted by Crippen LogP contribution is 2.36. The van der Waals surface area contributed by atoms with Crippen LogP contribution in [0.15, 0.2) is 0 Å². The van der Waals surface area contributed by atoms with Gasteiger partial charge >= 0.3 is 5.97 Å². The van der Waals surface area contributed by atoms with Crippen molar-refractivity contribution >= 4 is 17.5 Å². The summed E-state index contributed by atoms with van der Waals surface area (Å²) in [6.07, 6.45) is 1.02. The van der Waals surface area contributed by atoms with E-state index in [1.54, 1.807) is 6.92 Å². The van der Waals surface area contributed by atoms with Crippen LogP contribution in [0.4, 0.5) is 0 Å². The molecule has 3 unspecified atom stereocenters. The lowest BCUT2D eigenvalue weighted by Crippen LogP contribution is -2.49. The predicted molar refractivity (Wildman–Crippen MR) is 54.7 cm³/mol. The molecule has 0 aromatic rings. The topological polar surface area (TPSA) is 72.5 Å². The van der Waals surface area contributed by atoms with E-state index in [0.717, 1.165) is 0 Å².